The number of sulfonamides is 1. The number of carbonyl (C=O) groups is 9. The topological polar surface area (TPSA) is 313 Å². The minimum absolute atomic E-state index is 0.0192. The van der Waals surface area contributed by atoms with Gasteiger partial charge in [0, 0.05) is 25.8 Å². The number of amidine groups is 1. The molecule has 0 bridgehead atoms. The van der Waals surface area contributed by atoms with Gasteiger partial charge in [-0.25, -0.2) is 37.6 Å². The molecule has 0 spiro atoms. The highest BCUT2D eigenvalue weighted by molar-refractivity contribution is 7.90. The summed E-state index contributed by atoms with van der Waals surface area (Å²) in [5.74, 6) is -10.4. The molecule has 8 rings (SSSR count). The Balaban J connectivity index is 0.000000281. The molecule has 528 valence electrons. The van der Waals surface area contributed by atoms with E-state index in [2.05, 4.69) is 27.5 Å². The van der Waals surface area contributed by atoms with E-state index in [0.717, 1.165) is 67.1 Å². The summed E-state index contributed by atoms with van der Waals surface area (Å²) >= 11 is 6.47. The van der Waals surface area contributed by atoms with Crippen molar-refractivity contribution in [3.63, 3.8) is 0 Å². The van der Waals surface area contributed by atoms with Crippen molar-refractivity contribution < 1.29 is 84.7 Å². The smallest absolute Gasteiger partial charge is 0.359 e. The Hall–Kier alpha value is -9.79. The number of benzene rings is 5. The molecule has 0 radical (unpaired) electrons. The molecule has 25 nitrogen and oxygen atoms in total. The van der Waals surface area contributed by atoms with Crippen LogP contribution in [0.2, 0.25) is 5.02 Å². The van der Waals surface area contributed by atoms with Gasteiger partial charge in [0.2, 0.25) is 11.8 Å². The number of hydrogen-bond donors (Lipinski definition) is 2. The first-order chi connectivity index (χ1) is 47.6. The number of para-hydroxylation sites is 1. The van der Waals surface area contributed by atoms with Crippen LogP contribution in [-0.4, -0.2) is 148 Å². The summed E-state index contributed by atoms with van der Waals surface area (Å²) < 4.78 is 65.8. The molecule has 2 aliphatic heterocycles. The number of esters is 4. The number of fused-ring (bicyclic) bond motifs is 1. The van der Waals surface area contributed by atoms with E-state index < -0.39 is 98.7 Å². The Morgan fingerprint density at radius 1 is 0.657 bits per heavy atom. The zero-order valence-electron chi connectivity index (χ0n) is 56.9. The van der Waals surface area contributed by atoms with Crippen LogP contribution in [0.4, 0.5) is 17.1 Å². The fraction of sp³-hybridized carbons (Fsp3) is 0.403. The number of aromatic nitrogens is 2. The van der Waals surface area contributed by atoms with Crippen molar-refractivity contribution in [3.05, 3.63) is 160 Å². The lowest BCUT2D eigenvalue weighted by molar-refractivity contribution is -0.143. The standard InChI is InChI=1S/C42H51ClN2O8.C30H33N5O10S/c1-4-6-7-8-9-10-11-12-13-17-26-53-42(50)31-22-25-33(43)34(27-31)44-39(48)35(37(46)30-20-23-32(51-3)24-21-30)36-38(47)41(52-5-2)45(40(36)49)28-29-18-15-14-16-19-29;1-7-17(2)15-45-28(37)18-12-13-21(42-4)20(14-18)33-27(36)25(35-16-31-23(29(38)43-5)24(35)30(39)44-6)26-32-19-10-8-9-11-22(19)46(40,41)34(26)3/h14-16,18-25,27,35-36,41H,4-13,17,26,28H2,1-3H3,(H,44,48);8-14,16-17,25H,7,15H2,1-6H3,(H,33,36). The normalized spacial score (nSPS) is 15.4. The molecule has 1 aromatic heterocycles. The first kappa shape index (κ1) is 76.6. The van der Waals surface area contributed by atoms with Gasteiger partial charge in [0.1, 0.15) is 28.2 Å². The van der Waals surface area contributed by atoms with Gasteiger partial charge in [-0.15, -0.1) is 0 Å². The largest absolute Gasteiger partial charge is 0.497 e. The molecule has 99 heavy (non-hydrogen) atoms. The lowest BCUT2D eigenvalue weighted by Gasteiger charge is -2.31. The second kappa shape index (κ2) is 36.7. The number of likely N-dealkylation sites (tertiary alicyclic amines) is 1. The van der Waals surface area contributed by atoms with Crippen molar-refractivity contribution in [2.75, 3.05) is 65.9 Å². The van der Waals surface area contributed by atoms with Crippen molar-refractivity contribution in [2.45, 2.75) is 122 Å². The van der Waals surface area contributed by atoms with E-state index in [1.165, 1.54) is 131 Å². The van der Waals surface area contributed by atoms with Crippen molar-refractivity contribution >= 4 is 97.7 Å². The average molecular weight is 1400 g/mol. The van der Waals surface area contributed by atoms with Gasteiger partial charge in [-0.1, -0.05) is 139 Å². The van der Waals surface area contributed by atoms with Crippen LogP contribution in [-0.2, 0) is 59.4 Å². The zero-order valence-corrected chi connectivity index (χ0v) is 58.5. The number of ether oxygens (including phenoxy) is 7. The average Bonchev–Trinajstić information content (AvgIpc) is 1.71. The number of halogens is 1. The van der Waals surface area contributed by atoms with Gasteiger partial charge in [0.25, 0.3) is 15.9 Å². The number of methoxy groups -OCH3 is 4. The summed E-state index contributed by atoms with van der Waals surface area (Å²) in [7, 11) is 1.90. The first-order valence-electron chi connectivity index (χ1n) is 32.6. The summed E-state index contributed by atoms with van der Waals surface area (Å²) in [5, 5.41) is 5.36. The number of rotatable bonds is 33. The summed E-state index contributed by atoms with van der Waals surface area (Å²) in [4.78, 5) is 132. The number of unbranched alkanes of at least 4 members (excludes halogenated alkanes) is 9. The van der Waals surface area contributed by atoms with E-state index in [9.17, 15) is 51.6 Å². The van der Waals surface area contributed by atoms with E-state index in [1.807, 2.05) is 19.9 Å². The lowest BCUT2D eigenvalue weighted by Crippen LogP contribution is -2.45. The van der Waals surface area contributed by atoms with Gasteiger partial charge in [-0.3, -0.25) is 28.3 Å². The van der Waals surface area contributed by atoms with Crippen LogP contribution in [0.3, 0.4) is 0 Å². The van der Waals surface area contributed by atoms with Crippen molar-refractivity contribution in [3.8, 4) is 11.5 Å². The Bertz CT molecular complexity index is 4010. The molecule has 1 fully saturated rings. The SMILES string of the molecule is CCC(C)COC(=O)c1ccc(OC)c(NC(=O)C(C2=Nc3ccccc3S(=O)(=O)N2C)n2cnc(C(=O)OC)c2C(=O)OC)c1.CCCCCCCCCCCCOC(=O)c1ccc(Cl)c(NC(=O)C(C(=O)c2ccc(OC)cc2)C2C(=O)C(OCC)N(Cc3ccccc3)C2=O)c1. The number of Topliss-reactive ketones (excluding diaryl/α,β-unsaturated/α-hetero) is 2. The van der Waals surface area contributed by atoms with Crippen molar-refractivity contribution in [1.29, 1.82) is 0 Å². The fourth-order valence-corrected chi connectivity index (χ4v) is 12.4. The van der Waals surface area contributed by atoms with Gasteiger partial charge in [-0.05, 0) is 97.6 Å². The molecule has 27 heteroatoms. The van der Waals surface area contributed by atoms with Crippen LogP contribution in [0.15, 0.2) is 131 Å². The van der Waals surface area contributed by atoms with E-state index in [-0.39, 0.29) is 87.5 Å². The molecule has 3 amide bonds. The molecule has 5 unspecified atom stereocenters. The van der Waals surface area contributed by atoms with Crippen molar-refractivity contribution in [1.82, 2.24) is 18.8 Å². The number of imidazole rings is 1. The maximum atomic E-state index is 14.3. The molecule has 0 saturated carbocycles. The highest BCUT2D eigenvalue weighted by atomic mass is 35.5. The van der Waals surface area contributed by atoms with Crippen LogP contribution in [0, 0.1) is 17.8 Å². The van der Waals surface area contributed by atoms with Crippen LogP contribution in [0.5, 0.6) is 11.5 Å². The number of nitrogens with zero attached hydrogens (tertiary/aromatic N) is 5. The molecule has 1 saturated heterocycles. The highest BCUT2D eigenvalue weighted by Crippen LogP contribution is 2.38. The molecular weight excluding hydrogens is 1320 g/mol. The Morgan fingerprint density at radius 2 is 1.25 bits per heavy atom. The van der Waals surface area contributed by atoms with Crippen LogP contribution < -0.4 is 20.1 Å². The molecule has 6 aromatic rings. The number of hydrogen-bond acceptors (Lipinski definition) is 20. The highest BCUT2D eigenvalue weighted by Gasteiger charge is 2.55. The number of ketones is 2. The Labute approximate surface area is 580 Å². The number of anilines is 2. The van der Waals surface area contributed by atoms with E-state index >= 15 is 0 Å². The predicted octanol–water partition coefficient (Wildman–Crippen LogP) is 11.7. The van der Waals surface area contributed by atoms with E-state index in [0.29, 0.717) is 5.75 Å². The second-order valence-electron chi connectivity index (χ2n) is 23.4. The summed E-state index contributed by atoms with van der Waals surface area (Å²) in [5.41, 5.74) is 0.170. The van der Waals surface area contributed by atoms with Gasteiger partial charge < -0.3 is 53.3 Å². The maximum absolute atomic E-state index is 14.3. The molecular formula is C72H84ClN7O18S. The molecule has 2 N–H and O–H groups in total. The summed E-state index contributed by atoms with van der Waals surface area (Å²) in [6, 6.07) is 27.7. The van der Waals surface area contributed by atoms with Crippen molar-refractivity contribution in [2.24, 2.45) is 22.7 Å². The summed E-state index contributed by atoms with van der Waals surface area (Å²) in [6.07, 6.45) is 12.0. The minimum atomic E-state index is -4.23. The Morgan fingerprint density at radius 3 is 1.88 bits per heavy atom. The predicted molar refractivity (Wildman–Crippen MR) is 368 cm³/mol. The van der Waals surface area contributed by atoms with Gasteiger partial charge in [0.15, 0.2) is 41.1 Å². The number of amides is 3. The fourth-order valence-electron chi connectivity index (χ4n) is 10.9. The summed E-state index contributed by atoms with van der Waals surface area (Å²) in [6.45, 7) is 8.39. The van der Waals surface area contributed by atoms with Gasteiger partial charge in [0.05, 0.1) is 81.2 Å². The third-order valence-electron chi connectivity index (χ3n) is 16.6. The van der Waals surface area contributed by atoms with E-state index in [4.69, 9.17) is 44.8 Å². The Kier molecular flexibility index (Phi) is 28.4. The quantitative estimate of drug-likeness (QED) is 0.0127. The van der Waals surface area contributed by atoms with Crippen LogP contribution in [0.1, 0.15) is 162 Å². The maximum Gasteiger partial charge on any atom is 0.359 e. The minimum Gasteiger partial charge on any atom is -0.497 e. The van der Waals surface area contributed by atoms with Crippen LogP contribution >= 0.6 is 11.6 Å². The lowest BCUT2D eigenvalue weighted by atomic mass is 9.82. The second-order valence-corrected chi connectivity index (χ2v) is 25.7. The number of nitrogens with one attached hydrogen (secondary N) is 2. The number of aliphatic imine (C=N–C) groups is 1. The van der Waals surface area contributed by atoms with Crippen LogP contribution in [0.25, 0.3) is 0 Å². The molecule has 0 aliphatic carbocycles. The number of carbonyl (C=O) groups excluding carboxylic acids is 9. The molecule has 5 aromatic carbocycles. The van der Waals surface area contributed by atoms with E-state index in [1.54, 1.807) is 49.4 Å². The van der Waals surface area contributed by atoms with Gasteiger partial charge in [-0.2, -0.15) is 0 Å². The third kappa shape index (κ3) is 19.1. The third-order valence-corrected chi connectivity index (χ3v) is 18.8. The monoisotopic (exact) mass is 1400 g/mol. The molecule has 2 aliphatic rings. The molecule has 5 atom stereocenters. The number of likely N-dealkylation sites (N-methyl/N-ethyl adjacent to an activating group) is 1. The first-order valence-corrected chi connectivity index (χ1v) is 34.4. The molecule has 3 heterocycles. The van der Waals surface area contributed by atoms with Gasteiger partial charge >= 0.3 is 23.9 Å². The zero-order chi connectivity index (χ0) is 71.9.